The van der Waals surface area contributed by atoms with Gasteiger partial charge in [-0.15, -0.1) is 11.3 Å². The number of carbonyl (C=O) groups is 1. The lowest BCUT2D eigenvalue weighted by atomic mass is 9.84. The molecule has 0 aromatic carbocycles. The minimum absolute atomic E-state index is 0.0226. The Morgan fingerprint density at radius 1 is 1.46 bits per heavy atom. The Bertz CT molecular complexity index is 730. The van der Waals surface area contributed by atoms with Gasteiger partial charge in [0.1, 0.15) is 17.4 Å². The van der Waals surface area contributed by atoms with Gasteiger partial charge in [-0.1, -0.05) is 0 Å². The van der Waals surface area contributed by atoms with Crippen LogP contribution in [0.2, 0.25) is 0 Å². The van der Waals surface area contributed by atoms with E-state index in [0.717, 1.165) is 17.8 Å². The first-order chi connectivity index (χ1) is 11.6. The predicted octanol–water partition coefficient (Wildman–Crippen LogP) is 1.69. The van der Waals surface area contributed by atoms with Gasteiger partial charge in [0.05, 0.1) is 30.9 Å². The summed E-state index contributed by atoms with van der Waals surface area (Å²) in [5.41, 5.74) is 0.224. The molecule has 0 radical (unpaired) electrons. The van der Waals surface area contributed by atoms with E-state index in [-0.39, 0.29) is 17.6 Å². The molecule has 2 aromatic rings. The van der Waals surface area contributed by atoms with Gasteiger partial charge in [-0.25, -0.2) is 9.97 Å². The van der Waals surface area contributed by atoms with Crippen molar-refractivity contribution in [1.82, 2.24) is 19.9 Å². The monoisotopic (exact) mass is 346 g/mol. The van der Waals surface area contributed by atoms with Crippen molar-refractivity contribution in [1.29, 1.82) is 0 Å². The van der Waals surface area contributed by atoms with E-state index in [1.54, 1.807) is 23.5 Å². The molecule has 1 spiro atoms. The zero-order chi connectivity index (χ0) is 16.6. The Kier molecular flexibility index (Phi) is 3.93. The minimum Gasteiger partial charge on any atom is -0.473 e. The molecule has 1 amide bonds. The van der Waals surface area contributed by atoms with Crippen molar-refractivity contribution in [2.24, 2.45) is 0 Å². The maximum Gasteiger partial charge on any atom is 0.273 e. The molecule has 2 aliphatic rings. The van der Waals surface area contributed by atoms with E-state index in [4.69, 9.17) is 9.47 Å². The third-order valence-electron chi connectivity index (χ3n) is 4.36. The maximum atomic E-state index is 12.4. The quantitative estimate of drug-likeness (QED) is 0.842. The summed E-state index contributed by atoms with van der Waals surface area (Å²) in [5, 5.41) is 2.71. The second-order valence-corrected chi connectivity index (χ2v) is 7.28. The summed E-state index contributed by atoms with van der Waals surface area (Å²) in [7, 11) is 0. The number of nitrogens with zero attached hydrogens (tertiary/aromatic N) is 4. The molecule has 4 rings (SSSR count). The predicted molar refractivity (Wildman–Crippen MR) is 87.1 cm³/mol. The topological polar surface area (TPSA) is 77.4 Å². The van der Waals surface area contributed by atoms with Gasteiger partial charge >= 0.3 is 0 Å². The molecule has 0 bridgehead atoms. The number of hydrogen-bond acceptors (Lipinski definition) is 7. The Morgan fingerprint density at radius 2 is 2.33 bits per heavy atom. The van der Waals surface area contributed by atoms with Crippen molar-refractivity contribution in [2.45, 2.75) is 31.5 Å². The number of hydrogen-bond donors (Lipinski definition) is 0. The average molecular weight is 346 g/mol. The summed E-state index contributed by atoms with van der Waals surface area (Å²) in [6, 6.07) is 0. The fraction of sp³-hybridized carbons (Fsp3) is 0.500. The van der Waals surface area contributed by atoms with Crippen LogP contribution in [0.4, 0.5) is 0 Å². The van der Waals surface area contributed by atoms with Crippen LogP contribution in [0.1, 0.15) is 28.3 Å². The Morgan fingerprint density at radius 3 is 3.04 bits per heavy atom. The van der Waals surface area contributed by atoms with E-state index in [2.05, 4.69) is 15.0 Å². The molecule has 126 valence electrons. The maximum absolute atomic E-state index is 12.4. The molecule has 7 nitrogen and oxygen atoms in total. The average Bonchev–Trinajstić information content (AvgIpc) is 3.00. The van der Waals surface area contributed by atoms with Gasteiger partial charge in [0.15, 0.2) is 0 Å². The highest BCUT2D eigenvalue weighted by Gasteiger charge is 2.50. The smallest absolute Gasteiger partial charge is 0.273 e. The lowest BCUT2D eigenvalue weighted by molar-refractivity contribution is -0.174. The Labute approximate surface area is 143 Å². The molecule has 0 N–H and O–H groups in total. The Balaban J connectivity index is 1.36. The molecule has 2 aliphatic heterocycles. The molecular formula is C16H18N4O3S. The summed E-state index contributed by atoms with van der Waals surface area (Å²) in [4.78, 5) is 26.6. The van der Waals surface area contributed by atoms with Crippen molar-refractivity contribution >= 4 is 17.2 Å². The molecule has 1 atom stereocenters. The van der Waals surface area contributed by atoms with Crippen LogP contribution in [0.25, 0.3) is 0 Å². The van der Waals surface area contributed by atoms with Crippen LogP contribution in [-0.4, -0.2) is 57.2 Å². The van der Waals surface area contributed by atoms with E-state index >= 15 is 0 Å². The third-order valence-corrected chi connectivity index (χ3v) is 5.13. The molecule has 8 heteroatoms. The van der Waals surface area contributed by atoms with Gasteiger partial charge in [0.2, 0.25) is 5.88 Å². The van der Waals surface area contributed by atoms with Crippen molar-refractivity contribution in [3.63, 3.8) is 0 Å². The number of amides is 1. The molecule has 0 saturated carbocycles. The van der Waals surface area contributed by atoms with Crippen LogP contribution in [0.5, 0.6) is 5.88 Å². The fourth-order valence-corrected chi connectivity index (χ4v) is 3.82. The SMILES string of the molecule is Cc1nc(C(=O)N2CC3(C[C@H](Oc4cnccn4)CCO3)C2)cs1. The van der Waals surface area contributed by atoms with Crippen LogP contribution in [-0.2, 0) is 4.74 Å². The molecule has 2 saturated heterocycles. The summed E-state index contributed by atoms with van der Waals surface area (Å²) in [5.74, 6) is 0.510. The van der Waals surface area contributed by atoms with Gasteiger partial charge < -0.3 is 14.4 Å². The van der Waals surface area contributed by atoms with E-state index in [1.165, 1.54) is 11.3 Å². The highest BCUT2D eigenvalue weighted by Crippen LogP contribution is 2.36. The lowest BCUT2D eigenvalue weighted by Crippen LogP contribution is -2.67. The molecule has 2 fully saturated rings. The van der Waals surface area contributed by atoms with E-state index in [9.17, 15) is 4.79 Å². The summed E-state index contributed by atoms with van der Waals surface area (Å²) >= 11 is 1.49. The molecule has 2 aromatic heterocycles. The van der Waals surface area contributed by atoms with Gasteiger partial charge in [-0.05, 0) is 6.92 Å². The number of likely N-dealkylation sites (tertiary alicyclic amines) is 1. The summed E-state index contributed by atoms with van der Waals surface area (Å²) < 4.78 is 11.9. The first-order valence-corrected chi connectivity index (χ1v) is 8.80. The fourth-order valence-electron chi connectivity index (χ4n) is 3.24. The first-order valence-electron chi connectivity index (χ1n) is 7.92. The largest absolute Gasteiger partial charge is 0.473 e. The number of aromatic nitrogens is 3. The Hall–Kier alpha value is -2.06. The van der Waals surface area contributed by atoms with Gasteiger partial charge in [-0.3, -0.25) is 9.78 Å². The molecule has 4 heterocycles. The summed E-state index contributed by atoms with van der Waals surface area (Å²) in [6.45, 7) is 3.70. The second-order valence-electron chi connectivity index (χ2n) is 6.22. The molecule has 24 heavy (non-hydrogen) atoms. The number of aryl methyl sites for hydroxylation is 1. The van der Waals surface area contributed by atoms with Gasteiger partial charge in [-0.2, -0.15) is 0 Å². The number of thiazole rings is 1. The van der Waals surface area contributed by atoms with E-state index < -0.39 is 0 Å². The standard InChI is InChI=1S/C16H18N4O3S/c1-11-19-13(8-24-11)15(21)20-9-16(10-20)6-12(2-5-22-16)23-14-7-17-3-4-18-14/h3-4,7-8,12H,2,5-6,9-10H2,1H3/t12-/m1/s1. The van der Waals surface area contributed by atoms with Crippen LogP contribution in [0.3, 0.4) is 0 Å². The van der Waals surface area contributed by atoms with Crippen molar-refractivity contribution < 1.29 is 14.3 Å². The number of carbonyl (C=O) groups excluding carboxylic acids is 1. The highest BCUT2D eigenvalue weighted by atomic mass is 32.1. The molecule has 0 aliphatic carbocycles. The van der Waals surface area contributed by atoms with Gasteiger partial charge in [0.25, 0.3) is 5.91 Å². The first kappa shape index (κ1) is 15.5. The minimum atomic E-state index is -0.300. The van der Waals surface area contributed by atoms with Crippen LogP contribution >= 0.6 is 11.3 Å². The lowest BCUT2D eigenvalue weighted by Gasteiger charge is -2.52. The molecule has 0 unspecified atom stereocenters. The third kappa shape index (κ3) is 2.99. The van der Waals surface area contributed by atoms with Crippen molar-refractivity contribution in [2.75, 3.05) is 19.7 Å². The van der Waals surface area contributed by atoms with E-state index in [0.29, 0.717) is 31.3 Å². The number of rotatable bonds is 3. The van der Waals surface area contributed by atoms with Crippen LogP contribution in [0.15, 0.2) is 24.0 Å². The zero-order valence-corrected chi connectivity index (χ0v) is 14.2. The van der Waals surface area contributed by atoms with Gasteiger partial charge in [0, 0.05) is 30.6 Å². The van der Waals surface area contributed by atoms with Crippen LogP contribution in [0, 0.1) is 6.92 Å². The number of ether oxygens (including phenoxy) is 2. The summed E-state index contributed by atoms with van der Waals surface area (Å²) in [6.07, 6.45) is 6.46. The normalized spacial score (nSPS) is 22.2. The van der Waals surface area contributed by atoms with E-state index in [1.807, 2.05) is 12.3 Å². The van der Waals surface area contributed by atoms with Crippen LogP contribution < -0.4 is 4.74 Å². The van der Waals surface area contributed by atoms with Crippen molar-refractivity contribution in [3.8, 4) is 5.88 Å². The highest BCUT2D eigenvalue weighted by molar-refractivity contribution is 7.09. The second kappa shape index (κ2) is 6.10. The zero-order valence-electron chi connectivity index (χ0n) is 13.3. The molecular weight excluding hydrogens is 328 g/mol. The van der Waals surface area contributed by atoms with Crippen molar-refractivity contribution in [3.05, 3.63) is 34.7 Å².